The van der Waals surface area contributed by atoms with E-state index in [0.29, 0.717) is 12.1 Å². The molecule has 0 radical (unpaired) electrons. The highest BCUT2D eigenvalue weighted by atomic mass is 16.1. The topological polar surface area (TPSA) is 42.9 Å². The smallest absolute Gasteiger partial charge is 0.181 e. The maximum atomic E-state index is 11.5. The van der Waals surface area contributed by atoms with Crippen molar-refractivity contribution >= 4 is 5.78 Å². The van der Waals surface area contributed by atoms with Crippen LogP contribution in [0.25, 0.3) is 0 Å². The van der Waals surface area contributed by atoms with Crippen molar-refractivity contribution in [2.45, 2.75) is 32.6 Å². The van der Waals surface area contributed by atoms with Crippen LogP contribution in [0.3, 0.4) is 0 Å². The minimum Gasteiger partial charge on any atom is -0.292 e. The van der Waals surface area contributed by atoms with Crippen LogP contribution in [0.15, 0.2) is 6.33 Å². The van der Waals surface area contributed by atoms with Gasteiger partial charge in [-0.1, -0.05) is 6.92 Å². The molecule has 1 aliphatic carbocycles. The highest BCUT2D eigenvalue weighted by Gasteiger charge is 2.20. The van der Waals surface area contributed by atoms with Crippen molar-refractivity contribution in [3.8, 4) is 0 Å². The van der Waals surface area contributed by atoms with Crippen molar-refractivity contribution in [2.75, 3.05) is 0 Å². The largest absolute Gasteiger partial charge is 0.292 e. The Morgan fingerprint density at radius 2 is 2.23 bits per heavy atom. The highest BCUT2D eigenvalue weighted by molar-refractivity contribution is 5.96. The first-order chi connectivity index (χ1) is 6.33. The van der Waals surface area contributed by atoms with E-state index in [1.165, 1.54) is 6.33 Å². The van der Waals surface area contributed by atoms with Gasteiger partial charge in [-0.05, 0) is 19.3 Å². The number of hydrogen-bond acceptors (Lipinski definition) is 3. The number of aryl methyl sites for hydroxylation is 1. The first kappa shape index (κ1) is 8.35. The van der Waals surface area contributed by atoms with E-state index in [1.807, 2.05) is 0 Å². The van der Waals surface area contributed by atoms with E-state index in [-0.39, 0.29) is 5.78 Å². The quantitative estimate of drug-likeness (QED) is 0.652. The number of rotatable bonds is 1. The van der Waals surface area contributed by atoms with Crippen LogP contribution in [-0.4, -0.2) is 15.8 Å². The van der Waals surface area contributed by atoms with E-state index in [2.05, 4.69) is 16.9 Å². The fraction of sp³-hybridized carbons (Fsp3) is 0.500. The molecule has 2 rings (SSSR count). The van der Waals surface area contributed by atoms with E-state index in [1.54, 1.807) is 0 Å². The number of hydrogen-bond donors (Lipinski definition) is 0. The molecule has 1 aromatic heterocycles. The number of carbonyl (C=O) groups excluding carboxylic acids is 1. The van der Waals surface area contributed by atoms with Crippen LogP contribution in [0.5, 0.6) is 0 Å². The molecule has 3 nitrogen and oxygen atoms in total. The number of nitrogens with zero attached hydrogens (tertiary/aromatic N) is 2. The van der Waals surface area contributed by atoms with Gasteiger partial charge in [0.1, 0.15) is 12.0 Å². The number of ketones is 1. The fourth-order valence-electron chi connectivity index (χ4n) is 1.80. The fourth-order valence-corrected chi connectivity index (χ4v) is 1.80. The van der Waals surface area contributed by atoms with Crippen LogP contribution in [0.1, 0.15) is 41.5 Å². The predicted molar refractivity (Wildman–Crippen MR) is 48.7 cm³/mol. The molecule has 1 aliphatic rings. The normalized spacial score (nSPS) is 15.6. The number of aromatic nitrogens is 2. The summed E-state index contributed by atoms with van der Waals surface area (Å²) in [6, 6.07) is 0. The Morgan fingerprint density at radius 3 is 3.00 bits per heavy atom. The predicted octanol–water partition coefficient (Wildman–Crippen LogP) is 1.56. The third-order valence-electron chi connectivity index (χ3n) is 2.46. The maximum absolute atomic E-state index is 11.5. The Labute approximate surface area is 77.2 Å². The van der Waals surface area contributed by atoms with Crippen molar-refractivity contribution in [2.24, 2.45) is 0 Å². The Bertz CT molecular complexity index is 347. The lowest BCUT2D eigenvalue weighted by Gasteiger charge is -2.15. The van der Waals surface area contributed by atoms with Gasteiger partial charge >= 0.3 is 0 Å². The Balaban J connectivity index is 2.54. The lowest BCUT2D eigenvalue weighted by molar-refractivity contribution is 0.0966. The van der Waals surface area contributed by atoms with Gasteiger partial charge in [-0.15, -0.1) is 0 Å². The zero-order valence-electron chi connectivity index (χ0n) is 7.71. The molecule has 0 saturated carbocycles. The van der Waals surface area contributed by atoms with Crippen LogP contribution in [-0.2, 0) is 12.8 Å². The minimum absolute atomic E-state index is 0.179. The van der Waals surface area contributed by atoms with E-state index in [0.717, 1.165) is 30.5 Å². The van der Waals surface area contributed by atoms with Crippen LogP contribution in [0, 0.1) is 0 Å². The Kier molecular flexibility index (Phi) is 2.08. The number of carbonyl (C=O) groups is 1. The van der Waals surface area contributed by atoms with Gasteiger partial charge in [0, 0.05) is 17.7 Å². The van der Waals surface area contributed by atoms with E-state index in [9.17, 15) is 4.79 Å². The van der Waals surface area contributed by atoms with Gasteiger partial charge in [-0.25, -0.2) is 9.97 Å². The third kappa shape index (κ3) is 1.34. The molecule has 0 amide bonds. The maximum Gasteiger partial charge on any atom is 0.181 e. The van der Waals surface area contributed by atoms with E-state index < -0.39 is 0 Å². The van der Waals surface area contributed by atoms with Gasteiger partial charge in [0.15, 0.2) is 5.78 Å². The van der Waals surface area contributed by atoms with E-state index in [4.69, 9.17) is 0 Å². The molecule has 0 aliphatic heterocycles. The van der Waals surface area contributed by atoms with Crippen LogP contribution in [0.2, 0.25) is 0 Å². The molecule has 68 valence electrons. The standard InChI is InChI=1S/C10H12N2O/c1-2-8-7-4-3-5-9(13)10(7)12-6-11-8/h6H,2-5H2,1H3. The monoisotopic (exact) mass is 176 g/mol. The number of Topliss-reactive ketones (excluding diaryl/α,β-unsaturated/α-hetero) is 1. The van der Waals surface area contributed by atoms with Crippen LogP contribution >= 0.6 is 0 Å². The molecule has 0 aromatic carbocycles. The summed E-state index contributed by atoms with van der Waals surface area (Å²) < 4.78 is 0. The lowest BCUT2D eigenvalue weighted by Crippen LogP contribution is -2.16. The Hall–Kier alpha value is -1.25. The molecule has 0 unspecified atom stereocenters. The summed E-state index contributed by atoms with van der Waals surface area (Å²) in [4.78, 5) is 19.7. The average molecular weight is 176 g/mol. The van der Waals surface area contributed by atoms with Gasteiger partial charge in [0.05, 0.1) is 0 Å². The second kappa shape index (κ2) is 3.24. The van der Waals surface area contributed by atoms with Crippen LogP contribution < -0.4 is 0 Å². The second-order valence-electron chi connectivity index (χ2n) is 3.28. The molecule has 0 spiro atoms. The van der Waals surface area contributed by atoms with Crippen molar-refractivity contribution in [1.29, 1.82) is 0 Å². The summed E-state index contributed by atoms with van der Waals surface area (Å²) in [5.74, 6) is 0.179. The summed E-state index contributed by atoms with van der Waals surface area (Å²) in [7, 11) is 0. The van der Waals surface area contributed by atoms with Crippen molar-refractivity contribution < 1.29 is 4.79 Å². The molecule has 1 heterocycles. The zero-order chi connectivity index (χ0) is 9.26. The molecular formula is C10H12N2O. The molecule has 1 aromatic rings. The molecular weight excluding hydrogens is 164 g/mol. The molecule has 0 fully saturated rings. The third-order valence-corrected chi connectivity index (χ3v) is 2.46. The first-order valence-corrected chi connectivity index (χ1v) is 4.69. The van der Waals surface area contributed by atoms with Gasteiger partial charge in [-0.2, -0.15) is 0 Å². The average Bonchev–Trinajstić information content (AvgIpc) is 2.18. The van der Waals surface area contributed by atoms with Gasteiger partial charge in [0.2, 0.25) is 0 Å². The van der Waals surface area contributed by atoms with Crippen LogP contribution in [0.4, 0.5) is 0 Å². The van der Waals surface area contributed by atoms with Crippen molar-refractivity contribution in [3.63, 3.8) is 0 Å². The molecule has 0 saturated heterocycles. The highest BCUT2D eigenvalue weighted by Crippen LogP contribution is 2.21. The zero-order valence-corrected chi connectivity index (χ0v) is 7.71. The van der Waals surface area contributed by atoms with E-state index >= 15 is 0 Å². The summed E-state index contributed by atoms with van der Waals surface area (Å²) >= 11 is 0. The van der Waals surface area contributed by atoms with Gasteiger partial charge in [-0.3, -0.25) is 4.79 Å². The second-order valence-corrected chi connectivity index (χ2v) is 3.28. The molecule has 0 bridgehead atoms. The number of fused-ring (bicyclic) bond motifs is 1. The SMILES string of the molecule is CCc1ncnc2c1CCCC2=O. The summed E-state index contributed by atoms with van der Waals surface area (Å²) in [6.45, 7) is 2.06. The minimum atomic E-state index is 0.179. The molecule has 0 atom stereocenters. The van der Waals surface area contributed by atoms with Gasteiger partial charge < -0.3 is 0 Å². The summed E-state index contributed by atoms with van der Waals surface area (Å²) in [5, 5.41) is 0. The molecule has 3 heteroatoms. The summed E-state index contributed by atoms with van der Waals surface area (Å²) in [5.41, 5.74) is 2.79. The summed E-state index contributed by atoms with van der Waals surface area (Å²) in [6.07, 6.45) is 4.95. The van der Waals surface area contributed by atoms with Crippen molar-refractivity contribution in [3.05, 3.63) is 23.3 Å². The first-order valence-electron chi connectivity index (χ1n) is 4.69. The lowest BCUT2D eigenvalue weighted by atomic mass is 9.93. The molecule has 0 N–H and O–H groups in total. The molecule has 13 heavy (non-hydrogen) atoms. The van der Waals surface area contributed by atoms with Gasteiger partial charge in [0.25, 0.3) is 0 Å². The van der Waals surface area contributed by atoms with Crippen molar-refractivity contribution in [1.82, 2.24) is 9.97 Å². The Morgan fingerprint density at radius 1 is 1.38 bits per heavy atom.